The van der Waals surface area contributed by atoms with Crippen LogP contribution in [0.3, 0.4) is 0 Å². The Morgan fingerprint density at radius 1 is 1.15 bits per heavy atom. The van der Waals surface area contributed by atoms with Crippen molar-refractivity contribution in [1.29, 1.82) is 5.26 Å². The minimum atomic E-state index is -0.996. The van der Waals surface area contributed by atoms with Gasteiger partial charge in [0.1, 0.15) is 6.04 Å². The second-order valence-corrected chi connectivity index (χ2v) is 9.15. The van der Waals surface area contributed by atoms with Crippen molar-refractivity contribution in [3.05, 3.63) is 70.2 Å². The van der Waals surface area contributed by atoms with Crippen molar-refractivity contribution in [1.82, 2.24) is 10.2 Å². The number of halogens is 1. The Hall–Kier alpha value is -3.08. The number of carbonyl (C=O) groups is 2. The molecule has 0 radical (unpaired) electrons. The summed E-state index contributed by atoms with van der Waals surface area (Å²) in [4.78, 5) is 27.4. The van der Waals surface area contributed by atoms with Gasteiger partial charge in [-0.05, 0) is 41.5 Å². The smallest absolute Gasteiger partial charge is 0.410 e. The summed E-state index contributed by atoms with van der Waals surface area (Å²) in [5.41, 5.74) is 3.09. The average Bonchev–Trinajstić information content (AvgIpc) is 2.83. The van der Waals surface area contributed by atoms with Crippen LogP contribution in [0.4, 0.5) is 4.79 Å². The lowest BCUT2D eigenvalue weighted by atomic mass is 10.0. The number of amides is 2. The quantitative estimate of drug-likeness (QED) is 0.568. The van der Waals surface area contributed by atoms with E-state index in [2.05, 4.69) is 11.4 Å². The summed E-state index contributed by atoms with van der Waals surface area (Å²) in [6, 6.07) is 16.4. The van der Waals surface area contributed by atoms with Gasteiger partial charge in [-0.25, -0.2) is 4.79 Å². The SMILES string of the molecule is CC(C)CC(OC(=O)N1CCc2ccccc2C1)C(=O)NC(C#N)COCc1ccccc1Cl. The Kier molecular flexibility index (Phi) is 9.32. The second kappa shape index (κ2) is 12.4. The van der Waals surface area contributed by atoms with Crippen LogP contribution >= 0.6 is 11.6 Å². The van der Waals surface area contributed by atoms with Gasteiger partial charge in [-0.2, -0.15) is 5.26 Å². The molecule has 2 amide bonds. The van der Waals surface area contributed by atoms with E-state index < -0.39 is 24.1 Å². The maximum absolute atomic E-state index is 12.9. The number of rotatable bonds is 9. The van der Waals surface area contributed by atoms with Crippen LogP contribution in [0.15, 0.2) is 48.5 Å². The Labute approximate surface area is 205 Å². The summed E-state index contributed by atoms with van der Waals surface area (Å²) < 4.78 is 11.2. The lowest BCUT2D eigenvalue weighted by molar-refractivity contribution is -0.131. The third kappa shape index (κ3) is 7.21. The van der Waals surface area contributed by atoms with E-state index in [9.17, 15) is 14.9 Å². The van der Waals surface area contributed by atoms with Gasteiger partial charge in [0.25, 0.3) is 5.91 Å². The van der Waals surface area contributed by atoms with E-state index in [0.717, 1.165) is 17.5 Å². The molecule has 1 heterocycles. The minimum absolute atomic E-state index is 0.0152. The number of nitrogens with zero attached hydrogens (tertiary/aromatic N) is 2. The van der Waals surface area contributed by atoms with Crippen LogP contribution < -0.4 is 5.32 Å². The highest BCUT2D eigenvalue weighted by Crippen LogP contribution is 2.20. The predicted molar refractivity (Wildman–Crippen MR) is 129 cm³/mol. The van der Waals surface area contributed by atoms with Crippen LogP contribution in [-0.2, 0) is 33.8 Å². The number of fused-ring (bicyclic) bond motifs is 1. The van der Waals surface area contributed by atoms with Gasteiger partial charge in [0.2, 0.25) is 0 Å². The molecule has 0 aromatic heterocycles. The van der Waals surface area contributed by atoms with E-state index >= 15 is 0 Å². The number of ether oxygens (including phenoxy) is 2. The monoisotopic (exact) mass is 483 g/mol. The maximum Gasteiger partial charge on any atom is 0.410 e. The van der Waals surface area contributed by atoms with Crippen LogP contribution in [0.2, 0.25) is 5.02 Å². The summed E-state index contributed by atoms with van der Waals surface area (Å²) in [6.45, 7) is 5.07. The lowest BCUT2D eigenvalue weighted by Crippen LogP contribution is -2.47. The predicted octanol–water partition coefficient (Wildman–Crippen LogP) is 4.47. The molecular weight excluding hydrogens is 454 g/mol. The lowest BCUT2D eigenvalue weighted by Gasteiger charge is -2.30. The van der Waals surface area contributed by atoms with E-state index in [4.69, 9.17) is 21.1 Å². The van der Waals surface area contributed by atoms with Gasteiger partial charge in [0, 0.05) is 18.1 Å². The van der Waals surface area contributed by atoms with Gasteiger partial charge in [0.05, 0.1) is 19.3 Å². The minimum Gasteiger partial charge on any atom is -0.436 e. The summed E-state index contributed by atoms with van der Waals surface area (Å²) in [5.74, 6) is -0.394. The van der Waals surface area contributed by atoms with E-state index in [0.29, 0.717) is 24.5 Å². The third-order valence-corrected chi connectivity index (χ3v) is 5.95. The number of hydrogen-bond donors (Lipinski definition) is 1. The topological polar surface area (TPSA) is 91.7 Å². The standard InChI is InChI=1S/C26H30ClN3O4/c1-18(2)13-24(34-26(32)30-12-11-19-7-3-4-8-20(19)15-30)25(31)29-22(14-28)17-33-16-21-9-5-6-10-23(21)27/h3-10,18,22,24H,11-13,15-17H2,1-2H3,(H,29,31). The van der Waals surface area contributed by atoms with Crippen molar-refractivity contribution in [2.45, 2.75) is 52.0 Å². The zero-order valence-electron chi connectivity index (χ0n) is 19.5. The molecule has 1 N–H and O–H groups in total. The first-order valence-corrected chi connectivity index (χ1v) is 11.8. The largest absolute Gasteiger partial charge is 0.436 e. The average molecular weight is 484 g/mol. The van der Waals surface area contributed by atoms with Crippen LogP contribution in [0.5, 0.6) is 0 Å². The van der Waals surface area contributed by atoms with E-state index in [1.807, 2.05) is 56.3 Å². The fraction of sp³-hybridized carbons (Fsp3) is 0.423. The van der Waals surface area contributed by atoms with Crippen LogP contribution in [0.25, 0.3) is 0 Å². The van der Waals surface area contributed by atoms with Crippen molar-refractivity contribution in [2.24, 2.45) is 5.92 Å². The maximum atomic E-state index is 12.9. The first kappa shape index (κ1) is 25.5. The van der Waals surface area contributed by atoms with Crippen molar-refractivity contribution >= 4 is 23.6 Å². The van der Waals surface area contributed by atoms with Gasteiger partial charge < -0.3 is 19.7 Å². The molecule has 0 saturated carbocycles. The third-order valence-electron chi connectivity index (χ3n) is 5.58. The highest BCUT2D eigenvalue weighted by Gasteiger charge is 2.30. The first-order chi connectivity index (χ1) is 16.4. The molecule has 0 bridgehead atoms. The van der Waals surface area contributed by atoms with Gasteiger partial charge in [-0.3, -0.25) is 4.79 Å². The number of nitrogens with one attached hydrogen (secondary N) is 1. The normalized spacial score (nSPS) is 14.6. The second-order valence-electron chi connectivity index (χ2n) is 8.74. The molecule has 0 spiro atoms. The molecule has 2 aromatic carbocycles. The first-order valence-electron chi connectivity index (χ1n) is 11.4. The van der Waals surface area contributed by atoms with Gasteiger partial charge in [-0.15, -0.1) is 0 Å². The van der Waals surface area contributed by atoms with Crippen LogP contribution in [-0.4, -0.2) is 42.2 Å². The van der Waals surface area contributed by atoms with Crippen molar-refractivity contribution in [3.63, 3.8) is 0 Å². The number of carbonyl (C=O) groups excluding carboxylic acids is 2. The molecule has 2 unspecified atom stereocenters. The summed E-state index contributed by atoms with van der Waals surface area (Å²) in [7, 11) is 0. The fourth-order valence-corrected chi connectivity index (χ4v) is 3.95. The van der Waals surface area contributed by atoms with Crippen molar-refractivity contribution in [3.8, 4) is 6.07 Å². The van der Waals surface area contributed by atoms with Crippen LogP contribution in [0, 0.1) is 17.2 Å². The summed E-state index contributed by atoms with van der Waals surface area (Å²) >= 11 is 6.12. The van der Waals surface area contributed by atoms with Gasteiger partial charge >= 0.3 is 6.09 Å². The Morgan fingerprint density at radius 3 is 2.56 bits per heavy atom. The van der Waals surface area contributed by atoms with E-state index in [1.165, 1.54) is 5.56 Å². The van der Waals surface area contributed by atoms with Gasteiger partial charge in [0.15, 0.2) is 6.10 Å². The molecule has 7 nitrogen and oxygen atoms in total. The molecule has 2 atom stereocenters. The molecule has 3 rings (SSSR count). The number of hydrogen-bond acceptors (Lipinski definition) is 5. The molecule has 1 aliphatic heterocycles. The molecule has 180 valence electrons. The summed E-state index contributed by atoms with van der Waals surface area (Å²) in [5, 5.41) is 12.7. The fourth-order valence-electron chi connectivity index (χ4n) is 3.76. The Morgan fingerprint density at radius 2 is 1.85 bits per heavy atom. The van der Waals surface area contributed by atoms with Gasteiger partial charge in [-0.1, -0.05) is 67.9 Å². The highest BCUT2D eigenvalue weighted by molar-refractivity contribution is 6.31. The highest BCUT2D eigenvalue weighted by atomic mass is 35.5. The van der Waals surface area contributed by atoms with Crippen molar-refractivity contribution in [2.75, 3.05) is 13.2 Å². The molecule has 0 saturated heterocycles. The molecule has 34 heavy (non-hydrogen) atoms. The van der Waals surface area contributed by atoms with E-state index in [-0.39, 0.29) is 19.1 Å². The molecular formula is C26H30ClN3O4. The number of benzene rings is 2. The van der Waals surface area contributed by atoms with Crippen molar-refractivity contribution < 1.29 is 19.1 Å². The summed E-state index contributed by atoms with van der Waals surface area (Å²) in [6.07, 6.45) is -0.436. The molecule has 0 aliphatic carbocycles. The zero-order chi connectivity index (χ0) is 24.5. The molecule has 1 aliphatic rings. The number of nitriles is 1. The van der Waals surface area contributed by atoms with Crippen LogP contribution in [0.1, 0.15) is 37.0 Å². The zero-order valence-corrected chi connectivity index (χ0v) is 20.3. The molecule has 8 heteroatoms. The Balaban J connectivity index is 1.55. The Bertz CT molecular complexity index is 1040. The molecule has 2 aromatic rings. The van der Waals surface area contributed by atoms with E-state index in [1.54, 1.807) is 11.0 Å². The molecule has 0 fully saturated rings.